The summed E-state index contributed by atoms with van der Waals surface area (Å²) in [4.78, 5) is 40.5. The Labute approximate surface area is 536 Å². The van der Waals surface area contributed by atoms with E-state index in [4.69, 9.17) is 47.2 Å². The summed E-state index contributed by atoms with van der Waals surface area (Å²) in [5.74, 6) is 2.49. The predicted molar refractivity (Wildman–Crippen MR) is 348 cm³/mol. The van der Waals surface area contributed by atoms with Crippen molar-refractivity contribution in [3.63, 3.8) is 0 Å². The molecule has 2 saturated carbocycles. The van der Waals surface area contributed by atoms with E-state index in [1.165, 1.54) is 42.6 Å². The minimum Gasteiger partial charge on any atom is -0.508 e. The number of aliphatic hydroxyl groups is 1. The standard InChI is InChI=1S/C72H74F4N12O5/c1-5-48-55(73)15-10-40-25-46(90)29-51(58(40)48)63-61(75)65-53(31-77-63)67(86-33-42-11-12-43(34-86)79-42)82-69(80-65)93-38-72-19-16-39(28-57(72)85(4)22-20-72)50-27-41-26-47(91)30-52(59(41)49(6-2)60(50)74)64-62(76)66-54(32-78-64)68(87-35-44-13-14-45(36-87)88(44)23-24-89)83-70(81-66)92-37-71-17-7-9-56(71)84(3)21-8-18-71/h1-2,10,15,25-27,29-32,39,42-45,56-57,79,89-91H,7-9,11-14,16-24,28,33-38H2,3-4H3/t39?,42?,43?,44?,45?,56-,57?,71-,72?/m1/s1. The first kappa shape index (κ1) is 59.8. The number of halogens is 4. The van der Waals surface area contributed by atoms with Gasteiger partial charge in [-0.3, -0.25) is 14.9 Å². The third-order valence-electron chi connectivity index (χ3n) is 22.8. The number of nitrogens with zero attached hydrogens (tertiary/aromatic N) is 11. The molecule has 9 atom stereocenters. The van der Waals surface area contributed by atoms with Crippen molar-refractivity contribution in [3.05, 3.63) is 94.8 Å². The maximum absolute atomic E-state index is 18.0. The summed E-state index contributed by atoms with van der Waals surface area (Å²) in [6.45, 7) is 5.44. The molecule has 0 amide bonds. The average Bonchev–Trinajstić information content (AvgIpc) is 1.39. The van der Waals surface area contributed by atoms with Crippen LogP contribution in [0.15, 0.2) is 54.9 Å². The number of piperidine rings is 1. The number of likely N-dealkylation sites (tertiary alicyclic amines) is 2. The zero-order valence-electron chi connectivity index (χ0n) is 52.2. The second kappa shape index (κ2) is 23.1. The first-order valence-electron chi connectivity index (χ1n) is 33.0. The van der Waals surface area contributed by atoms with Crippen LogP contribution in [0.4, 0.5) is 29.2 Å². The van der Waals surface area contributed by atoms with Crippen molar-refractivity contribution in [1.82, 2.24) is 49.9 Å². The highest BCUT2D eigenvalue weighted by Crippen LogP contribution is 2.53. The second-order valence-electron chi connectivity index (χ2n) is 27.9. The molecule has 10 heterocycles. The molecule has 4 aromatic carbocycles. The largest absolute Gasteiger partial charge is 0.508 e. The van der Waals surface area contributed by atoms with Crippen molar-refractivity contribution in [2.24, 2.45) is 10.8 Å². The number of nitrogens with one attached hydrogen (secondary N) is 1. The van der Waals surface area contributed by atoms with Crippen LogP contribution >= 0.6 is 0 Å². The molecular formula is C72H74F4N12O5. The van der Waals surface area contributed by atoms with Gasteiger partial charge in [0, 0.05) is 114 Å². The fraction of sp³-hybridized carbons (Fsp3) is 0.472. The first-order chi connectivity index (χ1) is 45.1. The number of ether oxygens (including phenoxy) is 2. The number of anilines is 2. The number of aromatic nitrogens is 6. The Kier molecular flexibility index (Phi) is 14.8. The van der Waals surface area contributed by atoms with Gasteiger partial charge in [0.05, 0.1) is 41.7 Å². The SMILES string of the molecule is C#Cc1c(F)ccc2cc(O)cc(-c3ncc4c(N5CC6CCC(C5)N6)nc(OCC56CCC(c7cc8cc(O)cc(-c9ncc%10c(N%11CC%12CCC(C%11)N%12CCO)nc(OC[C@]%11%12CCC[C@H]%11N(C)CCC%12)nc%10c9F)c8c(C#C)c7F)CC5N(C)CC6)nc4c3F)c12. The van der Waals surface area contributed by atoms with Gasteiger partial charge >= 0.3 is 12.0 Å². The fourth-order valence-corrected chi connectivity index (χ4v) is 18.4. The van der Waals surface area contributed by atoms with Crippen LogP contribution < -0.4 is 24.6 Å². The number of phenolic OH excluding ortho intramolecular Hbond substituents is 2. The first-order valence-corrected chi connectivity index (χ1v) is 33.0. The van der Waals surface area contributed by atoms with E-state index in [1.807, 2.05) is 0 Å². The number of aliphatic hydroxyl groups excluding tert-OH is 1. The normalized spacial score (nSPS) is 27.1. The van der Waals surface area contributed by atoms with Crippen LogP contribution in [0.2, 0.25) is 0 Å². The molecule has 16 rings (SSSR count). The molecule has 0 spiro atoms. The van der Waals surface area contributed by atoms with E-state index in [2.05, 4.69) is 60.7 Å². The molecule has 8 aliphatic rings. The molecule has 0 radical (unpaired) electrons. The maximum atomic E-state index is 18.0. The van der Waals surface area contributed by atoms with Crippen molar-refractivity contribution in [1.29, 1.82) is 0 Å². The van der Waals surface area contributed by atoms with E-state index in [1.54, 1.807) is 12.3 Å². The molecule has 2 aliphatic carbocycles. The lowest BCUT2D eigenvalue weighted by Gasteiger charge is -2.44. The minimum atomic E-state index is -0.812. The lowest BCUT2D eigenvalue weighted by molar-refractivity contribution is 0.0133. The van der Waals surface area contributed by atoms with Gasteiger partial charge in [-0.1, -0.05) is 24.3 Å². The number of terminal acetylenes is 2. The van der Waals surface area contributed by atoms with Crippen molar-refractivity contribution < 1.29 is 42.4 Å². The monoisotopic (exact) mass is 1260 g/mol. The molecule has 93 heavy (non-hydrogen) atoms. The topological polar surface area (TPSA) is 185 Å². The highest BCUT2D eigenvalue weighted by molar-refractivity contribution is 6.05. The molecule has 480 valence electrons. The molecule has 6 aliphatic heterocycles. The van der Waals surface area contributed by atoms with Gasteiger partial charge < -0.3 is 49.7 Å². The second-order valence-corrected chi connectivity index (χ2v) is 27.9. The number of fused-ring (bicyclic) bond motifs is 10. The van der Waals surface area contributed by atoms with Gasteiger partial charge in [-0.25, -0.2) is 17.6 Å². The summed E-state index contributed by atoms with van der Waals surface area (Å²) < 4.78 is 82.1. The van der Waals surface area contributed by atoms with E-state index >= 15 is 17.6 Å². The Balaban J connectivity index is 0.721. The zero-order chi connectivity index (χ0) is 63.8. The Bertz CT molecular complexity index is 4450. The van der Waals surface area contributed by atoms with Crippen LogP contribution in [0.5, 0.6) is 23.5 Å². The molecule has 17 nitrogen and oxygen atoms in total. The zero-order valence-corrected chi connectivity index (χ0v) is 52.2. The summed E-state index contributed by atoms with van der Waals surface area (Å²) in [5, 5.41) is 38.1. The van der Waals surface area contributed by atoms with Crippen molar-refractivity contribution in [2.75, 3.05) is 89.5 Å². The minimum absolute atomic E-state index is 0.00712. The number of hydrogen-bond donors (Lipinski definition) is 4. The highest BCUT2D eigenvalue weighted by atomic mass is 19.1. The number of benzene rings is 4. The molecule has 8 fully saturated rings. The number of rotatable bonds is 13. The average molecular weight is 1260 g/mol. The summed E-state index contributed by atoms with van der Waals surface area (Å²) in [7, 11) is 4.23. The number of hydrogen-bond acceptors (Lipinski definition) is 17. The number of piperazine rings is 2. The van der Waals surface area contributed by atoms with E-state index in [0.717, 1.165) is 77.3 Å². The Morgan fingerprint density at radius 2 is 1.20 bits per heavy atom. The van der Waals surface area contributed by atoms with Gasteiger partial charge in [-0.15, -0.1) is 12.8 Å². The molecule has 7 unspecified atom stereocenters. The van der Waals surface area contributed by atoms with Gasteiger partial charge in [0.15, 0.2) is 11.6 Å². The quantitative estimate of drug-likeness (QED) is 0.0631. The summed E-state index contributed by atoms with van der Waals surface area (Å²) in [5.41, 5.74) is -0.469. The van der Waals surface area contributed by atoms with E-state index in [0.29, 0.717) is 103 Å². The van der Waals surface area contributed by atoms with Crippen molar-refractivity contribution >= 4 is 55.0 Å². The van der Waals surface area contributed by atoms with E-state index < -0.39 is 28.7 Å². The molecule has 4 bridgehead atoms. The Morgan fingerprint density at radius 3 is 1.83 bits per heavy atom. The van der Waals surface area contributed by atoms with Crippen LogP contribution in [-0.4, -0.2) is 176 Å². The molecule has 4 N–H and O–H groups in total. The number of pyridine rings is 2. The molecule has 21 heteroatoms. The third-order valence-corrected chi connectivity index (χ3v) is 22.8. The summed E-state index contributed by atoms with van der Waals surface area (Å²) >= 11 is 0. The van der Waals surface area contributed by atoms with Gasteiger partial charge in [0.1, 0.15) is 57.2 Å². The van der Waals surface area contributed by atoms with E-state index in [-0.39, 0.29) is 134 Å². The smallest absolute Gasteiger partial charge is 0.319 e. The molecule has 4 aromatic heterocycles. The molecule has 6 saturated heterocycles. The van der Waals surface area contributed by atoms with Crippen LogP contribution in [0.3, 0.4) is 0 Å². The molecular weight excluding hydrogens is 1190 g/mol. The van der Waals surface area contributed by atoms with Crippen LogP contribution in [-0.2, 0) is 0 Å². The number of phenols is 2. The van der Waals surface area contributed by atoms with Crippen LogP contribution in [0.1, 0.15) is 106 Å². The van der Waals surface area contributed by atoms with Crippen LogP contribution in [0, 0.1) is 58.8 Å². The maximum Gasteiger partial charge on any atom is 0.319 e. The Hall–Kier alpha value is -8.18. The molecule has 8 aromatic rings. The van der Waals surface area contributed by atoms with Crippen LogP contribution in [0.25, 0.3) is 65.9 Å². The van der Waals surface area contributed by atoms with Gasteiger partial charge in [0.25, 0.3) is 0 Å². The summed E-state index contributed by atoms with van der Waals surface area (Å²) in [6, 6.07) is 11.2. The van der Waals surface area contributed by atoms with Gasteiger partial charge in [0.2, 0.25) is 0 Å². The summed E-state index contributed by atoms with van der Waals surface area (Å²) in [6.07, 6.45) is 26.9. The predicted octanol–water partition coefficient (Wildman–Crippen LogP) is 10.2. The Morgan fingerprint density at radius 1 is 0.624 bits per heavy atom. The lowest BCUT2D eigenvalue weighted by atomic mass is 9.66. The van der Waals surface area contributed by atoms with E-state index in [9.17, 15) is 15.3 Å². The van der Waals surface area contributed by atoms with Crippen molar-refractivity contribution in [3.8, 4) is 70.7 Å². The fourth-order valence-electron chi connectivity index (χ4n) is 18.4. The van der Waals surface area contributed by atoms with Gasteiger partial charge in [-0.05, 0) is 163 Å². The lowest BCUT2D eigenvalue weighted by Crippen LogP contribution is -2.54. The van der Waals surface area contributed by atoms with Gasteiger partial charge in [-0.2, -0.15) is 19.9 Å². The van der Waals surface area contributed by atoms with Crippen molar-refractivity contribution in [2.45, 2.75) is 126 Å². The number of aromatic hydroxyl groups is 2. The third kappa shape index (κ3) is 9.92. The highest BCUT2D eigenvalue weighted by Gasteiger charge is 2.52.